The molecule has 4 rings (SSSR count). The van der Waals surface area contributed by atoms with Crippen molar-refractivity contribution in [2.75, 3.05) is 11.9 Å². The molecule has 2 heterocycles. The van der Waals surface area contributed by atoms with Crippen molar-refractivity contribution in [2.24, 2.45) is 0 Å². The molecule has 0 saturated carbocycles. The van der Waals surface area contributed by atoms with Gasteiger partial charge in [-0.1, -0.05) is 42.5 Å². The molecule has 150 valence electrons. The number of rotatable bonds is 6. The van der Waals surface area contributed by atoms with E-state index in [1.807, 2.05) is 60.0 Å². The number of fused-ring (bicyclic) bond motifs is 1. The zero-order chi connectivity index (χ0) is 21.1. The average Bonchev–Trinajstić information content (AvgIpc) is 3.13. The number of non-ortho nitro benzene ring substituents is 1. The fourth-order valence-corrected chi connectivity index (χ4v) is 3.12. The van der Waals surface area contributed by atoms with Gasteiger partial charge in [-0.15, -0.1) is 0 Å². The Kier molecular flexibility index (Phi) is 5.13. The number of carbonyl (C=O) groups excluding carboxylic acids is 1. The summed E-state index contributed by atoms with van der Waals surface area (Å²) < 4.78 is 7.26. The summed E-state index contributed by atoms with van der Waals surface area (Å²) in [6.07, 6.45) is 1.83. The van der Waals surface area contributed by atoms with E-state index in [4.69, 9.17) is 9.72 Å². The maximum absolute atomic E-state index is 12.6. The number of carbonyl (C=O) groups is 1. The fraction of sp³-hybridized carbons (Fsp3) is 0.0909. The van der Waals surface area contributed by atoms with Crippen molar-refractivity contribution in [3.05, 3.63) is 88.6 Å². The molecule has 8 heteroatoms. The van der Waals surface area contributed by atoms with Crippen molar-refractivity contribution in [3.8, 4) is 17.0 Å². The number of benzene rings is 2. The molecule has 0 bridgehead atoms. The van der Waals surface area contributed by atoms with Crippen molar-refractivity contribution in [2.45, 2.75) is 6.92 Å². The molecule has 0 atom stereocenters. The number of hydrogen-bond acceptors (Lipinski definition) is 5. The maximum atomic E-state index is 12.6. The van der Waals surface area contributed by atoms with Crippen LogP contribution in [0, 0.1) is 17.0 Å². The molecule has 1 N–H and O–H groups in total. The molecule has 0 fully saturated rings. The van der Waals surface area contributed by atoms with E-state index in [1.54, 1.807) is 6.07 Å². The highest BCUT2D eigenvalue weighted by atomic mass is 16.6. The molecule has 0 radical (unpaired) electrons. The van der Waals surface area contributed by atoms with Crippen LogP contribution in [0.25, 0.3) is 16.9 Å². The topological polar surface area (TPSA) is 98.8 Å². The van der Waals surface area contributed by atoms with Crippen LogP contribution in [0.4, 0.5) is 11.5 Å². The van der Waals surface area contributed by atoms with Gasteiger partial charge < -0.3 is 10.1 Å². The predicted molar refractivity (Wildman–Crippen MR) is 113 cm³/mol. The molecule has 2 aromatic carbocycles. The van der Waals surface area contributed by atoms with Crippen LogP contribution in [-0.4, -0.2) is 26.8 Å². The van der Waals surface area contributed by atoms with Crippen LogP contribution in [0.1, 0.15) is 5.56 Å². The monoisotopic (exact) mass is 402 g/mol. The summed E-state index contributed by atoms with van der Waals surface area (Å²) in [5.74, 6) is 0.381. The molecular formula is C22H18N4O4. The first-order chi connectivity index (χ1) is 14.5. The van der Waals surface area contributed by atoms with Crippen molar-refractivity contribution in [1.29, 1.82) is 0 Å². The highest BCUT2D eigenvalue weighted by Crippen LogP contribution is 2.29. The second kappa shape index (κ2) is 8.04. The van der Waals surface area contributed by atoms with E-state index >= 15 is 0 Å². The Morgan fingerprint density at radius 3 is 2.70 bits per heavy atom. The van der Waals surface area contributed by atoms with Crippen LogP contribution in [0.15, 0.2) is 72.9 Å². The van der Waals surface area contributed by atoms with Gasteiger partial charge in [0.05, 0.1) is 11.0 Å². The number of pyridine rings is 1. The first kappa shape index (κ1) is 19.1. The normalized spacial score (nSPS) is 10.7. The molecule has 0 aliphatic carbocycles. The van der Waals surface area contributed by atoms with Gasteiger partial charge in [0.15, 0.2) is 6.61 Å². The largest absolute Gasteiger partial charge is 0.484 e. The van der Waals surface area contributed by atoms with Crippen LogP contribution in [0.3, 0.4) is 0 Å². The summed E-state index contributed by atoms with van der Waals surface area (Å²) in [4.78, 5) is 27.7. The highest BCUT2D eigenvalue weighted by molar-refractivity contribution is 5.95. The SMILES string of the molecule is Cc1cccn2c(NC(=O)COc3cccc([N+](=O)[O-])c3)c(-c3ccccc3)nc12. The smallest absolute Gasteiger partial charge is 0.273 e. The summed E-state index contributed by atoms with van der Waals surface area (Å²) >= 11 is 0. The predicted octanol–water partition coefficient (Wildman–Crippen LogP) is 4.24. The van der Waals surface area contributed by atoms with Crippen LogP contribution < -0.4 is 10.1 Å². The summed E-state index contributed by atoms with van der Waals surface area (Å²) in [5.41, 5.74) is 3.13. The second-order valence-corrected chi connectivity index (χ2v) is 6.65. The second-order valence-electron chi connectivity index (χ2n) is 6.65. The molecule has 8 nitrogen and oxygen atoms in total. The van der Waals surface area contributed by atoms with E-state index in [0.717, 1.165) is 16.8 Å². The Bertz CT molecular complexity index is 1230. The maximum Gasteiger partial charge on any atom is 0.273 e. The van der Waals surface area contributed by atoms with Gasteiger partial charge in [-0.2, -0.15) is 0 Å². The fourth-order valence-electron chi connectivity index (χ4n) is 3.12. The summed E-state index contributed by atoms with van der Waals surface area (Å²) in [6.45, 7) is 1.66. The molecule has 30 heavy (non-hydrogen) atoms. The van der Waals surface area contributed by atoms with Gasteiger partial charge in [0.2, 0.25) is 0 Å². The quantitative estimate of drug-likeness (QED) is 0.384. The third-order valence-electron chi connectivity index (χ3n) is 4.55. The van der Waals surface area contributed by atoms with E-state index in [0.29, 0.717) is 11.5 Å². The summed E-state index contributed by atoms with van der Waals surface area (Å²) in [5, 5.41) is 13.8. The first-order valence-corrected chi connectivity index (χ1v) is 9.23. The lowest BCUT2D eigenvalue weighted by atomic mass is 10.1. The van der Waals surface area contributed by atoms with Crippen LogP contribution in [0.5, 0.6) is 5.75 Å². The molecule has 0 aliphatic rings. The summed E-state index contributed by atoms with van der Waals surface area (Å²) in [6, 6.07) is 19.1. The number of nitro groups is 1. The van der Waals surface area contributed by atoms with Gasteiger partial charge >= 0.3 is 0 Å². The Morgan fingerprint density at radius 2 is 1.93 bits per heavy atom. The zero-order valence-corrected chi connectivity index (χ0v) is 16.1. The molecule has 0 unspecified atom stereocenters. The number of amides is 1. The minimum Gasteiger partial charge on any atom is -0.484 e. The van der Waals surface area contributed by atoms with E-state index in [1.165, 1.54) is 18.2 Å². The molecule has 2 aromatic heterocycles. The molecule has 0 aliphatic heterocycles. The van der Waals surface area contributed by atoms with Crippen molar-refractivity contribution in [1.82, 2.24) is 9.38 Å². The number of aromatic nitrogens is 2. The van der Waals surface area contributed by atoms with E-state index in [-0.39, 0.29) is 18.0 Å². The number of ether oxygens (including phenoxy) is 1. The number of nitrogens with one attached hydrogen (secondary N) is 1. The molecule has 0 saturated heterocycles. The lowest BCUT2D eigenvalue weighted by molar-refractivity contribution is -0.384. The van der Waals surface area contributed by atoms with Gasteiger partial charge in [0, 0.05) is 17.8 Å². The number of nitrogens with zero attached hydrogens (tertiary/aromatic N) is 3. The number of imidazole rings is 1. The van der Waals surface area contributed by atoms with Gasteiger partial charge in [0.1, 0.15) is 22.9 Å². The minimum absolute atomic E-state index is 0.100. The third-order valence-corrected chi connectivity index (χ3v) is 4.55. The van der Waals surface area contributed by atoms with Crippen molar-refractivity contribution >= 4 is 23.1 Å². The summed E-state index contributed by atoms with van der Waals surface area (Å²) in [7, 11) is 0. The minimum atomic E-state index is -0.514. The van der Waals surface area contributed by atoms with Gasteiger partial charge in [0.25, 0.3) is 11.6 Å². The standard InChI is InChI=1S/C22H18N4O4/c1-15-7-6-12-25-21(15)24-20(16-8-3-2-4-9-16)22(25)23-19(27)14-30-18-11-5-10-17(13-18)26(28)29/h2-13H,14H2,1H3,(H,23,27). The lowest BCUT2D eigenvalue weighted by Gasteiger charge is -2.09. The Labute approximate surface area is 171 Å². The van der Waals surface area contributed by atoms with Crippen LogP contribution in [0.2, 0.25) is 0 Å². The van der Waals surface area contributed by atoms with Gasteiger partial charge in [-0.3, -0.25) is 19.3 Å². The highest BCUT2D eigenvalue weighted by Gasteiger charge is 2.18. The van der Waals surface area contributed by atoms with Crippen LogP contribution >= 0.6 is 0 Å². The Balaban J connectivity index is 1.60. The van der Waals surface area contributed by atoms with E-state index < -0.39 is 10.8 Å². The molecule has 4 aromatic rings. The van der Waals surface area contributed by atoms with Crippen molar-refractivity contribution in [3.63, 3.8) is 0 Å². The van der Waals surface area contributed by atoms with E-state index in [9.17, 15) is 14.9 Å². The number of nitro benzene ring substituents is 1. The molecular weight excluding hydrogens is 384 g/mol. The zero-order valence-electron chi connectivity index (χ0n) is 16.1. The van der Waals surface area contributed by atoms with Gasteiger partial charge in [-0.25, -0.2) is 4.98 Å². The number of anilines is 1. The third kappa shape index (κ3) is 3.83. The van der Waals surface area contributed by atoms with Gasteiger partial charge in [-0.05, 0) is 24.6 Å². The number of hydrogen-bond donors (Lipinski definition) is 1. The van der Waals surface area contributed by atoms with E-state index in [2.05, 4.69) is 5.32 Å². The first-order valence-electron chi connectivity index (χ1n) is 9.23. The van der Waals surface area contributed by atoms with Crippen LogP contribution in [-0.2, 0) is 4.79 Å². The Morgan fingerprint density at radius 1 is 1.13 bits per heavy atom. The number of aryl methyl sites for hydroxylation is 1. The van der Waals surface area contributed by atoms with Crippen molar-refractivity contribution < 1.29 is 14.5 Å². The molecule has 0 spiro atoms. The lowest BCUT2D eigenvalue weighted by Crippen LogP contribution is -2.21. The molecule has 1 amide bonds. The Hall–Kier alpha value is -4.20. The average molecular weight is 402 g/mol.